The van der Waals surface area contributed by atoms with E-state index in [9.17, 15) is 4.79 Å². The number of aromatic amines is 1. The minimum absolute atomic E-state index is 0.157. The van der Waals surface area contributed by atoms with Gasteiger partial charge in [0.15, 0.2) is 0 Å². The van der Waals surface area contributed by atoms with Crippen LogP contribution >= 0.6 is 15.9 Å². The Labute approximate surface area is 112 Å². The van der Waals surface area contributed by atoms with Crippen molar-refractivity contribution in [3.63, 3.8) is 0 Å². The average molecular weight is 313 g/mol. The Hall–Kier alpha value is -1.70. The van der Waals surface area contributed by atoms with Crippen LogP contribution in [-0.2, 0) is 13.5 Å². The van der Waals surface area contributed by atoms with Crippen LogP contribution in [0.3, 0.4) is 0 Å². The highest BCUT2D eigenvalue weighted by molar-refractivity contribution is 9.10. The maximum Gasteiger partial charge on any atom is 0.282 e. The molecular weight excluding hydrogens is 300 g/mol. The van der Waals surface area contributed by atoms with Gasteiger partial charge >= 0.3 is 0 Å². The Kier molecular flexibility index (Phi) is 4.08. The summed E-state index contributed by atoms with van der Waals surface area (Å²) in [4.78, 5) is 15.6. The molecule has 2 aromatic rings. The van der Waals surface area contributed by atoms with Gasteiger partial charge in [0.2, 0.25) is 0 Å². The molecule has 0 atom stereocenters. The third-order valence-electron chi connectivity index (χ3n) is 2.45. The van der Waals surface area contributed by atoms with Crippen molar-refractivity contribution in [2.24, 2.45) is 7.05 Å². The second-order valence-corrected chi connectivity index (χ2v) is 4.56. The summed E-state index contributed by atoms with van der Waals surface area (Å²) in [7, 11) is 1.61. The molecular formula is C10H13BrN6O. The molecule has 0 radical (unpaired) electrons. The minimum atomic E-state index is -0.157. The van der Waals surface area contributed by atoms with Crippen LogP contribution in [0.15, 0.2) is 21.8 Å². The summed E-state index contributed by atoms with van der Waals surface area (Å²) in [5, 5.41) is 13.7. The summed E-state index contributed by atoms with van der Waals surface area (Å²) in [5.74, 6) is 0.859. The van der Waals surface area contributed by atoms with Crippen molar-refractivity contribution in [1.29, 1.82) is 0 Å². The van der Waals surface area contributed by atoms with Crippen LogP contribution in [0, 0.1) is 0 Å². The molecule has 0 saturated heterocycles. The van der Waals surface area contributed by atoms with Crippen LogP contribution < -0.4 is 10.9 Å². The number of nitrogens with one attached hydrogen (secondary N) is 2. The first-order valence-corrected chi connectivity index (χ1v) is 6.27. The highest BCUT2D eigenvalue weighted by atomic mass is 79.9. The first-order valence-electron chi connectivity index (χ1n) is 5.48. The summed E-state index contributed by atoms with van der Waals surface area (Å²) < 4.78 is 1.78. The lowest BCUT2D eigenvalue weighted by Gasteiger charge is -2.07. The fourth-order valence-corrected chi connectivity index (χ4v) is 1.96. The molecule has 0 aliphatic rings. The number of nitrogens with zero attached hydrogens (tertiary/aromatic N) is 4. The quantitative estimate of drug-likeness (QED) is 0.794. The molecule has 8 heteroatoms. The first-order chi connectivity index (χ1) is 8.68. The number of aromatic nitrogens is 5. The van der Waals surface area contributed by atoms with Crippen molar-refractivity contribution in [1.82, 2.24) is 25.0 Å². The summed E-state index contributed by atoms with van der Waals surface area (Å²) >= 11 is 3.26. The van der Waals surface area contributed by atoms with E-state index in [4.69, 9.17) is 0 Å². The molecule has 0 aromatic carbocycles. The fraction of sp³-hybridized carbons (Fsp3) is 0.400. The number of halogens is 1. The van der Waals surface area contributed by atoms with Crippen LogP contribution in [0.1, 0.15) is 12.2 Å². The average Bonchev–Trinajstić information content (AvgIpc) is 2.87. The topological polar surface area (TPSA) is 88.5 Å². The Bertz CT molecular complexity index is 564. The normalized spacial score (nSPS) is 10.6. The van der Waals surface area contributed by atoms with Crippen LogP contribution in [-0.4, -0.2) is 31.5 Å². The van der Waals surface area contributed by atoms with E-state index in [1.54, 1.807) is 13.2 Å². The number of rotatable bonds is 5. The summed E-state index contributed by atoms with van der Waals surface area (Å²) in [6, 6.07) is 0. The molecule has 0 saturated carbocycles. The maximum absolute atomic E-state index is 11.6. The van der Waals surface area contributed by atoms with E-state index in [1.165, 1.54) is 11.0 Å². The van der Waals surface area contributed by atoms with Gasteiger partial charge in [-0.3, -0.25) is 9.89 Å². The third-order valence-corrected chi connectivity index (χ3v) is 3.22. The number of aryl methyl sites for hydroxylation is 2. The van der Waals surface area contributed by atoms with Gasteiger partial charge in [0.05, 0.1) is 11.9 Å². The molecule has 0 unspecified atom stereocenters. The van der Waals surface area contributed by atoms with E-state index in [0.717, 1.165) is 25.2 Å². The van der Waals surface area contributed by atoms with E-state index in [2.05, 4.69) is 41.5 Å². The maximum atomic E-state index is 11.6. The second-order valence-electron chi connectivity index (χ2n) is 3.76. The van der Waals surface area contributed by atoms with Crippen molar-refractivity contribution >= 4 is 21.6 Å². The van der Waals surface area contributed by atoms with Crippen molar-refractivity contribution in [2.45, 2.75) is 12.8 Å². The smallest absolute Gasteiger partial charge is 0.282 e. The molecule has 2 N–H and O–H groups in total. The molecule has 0 spiro atoms. The summed E-state index contributed by atoms with van der Waals surface area (Å²) in [5.41, 5.74) is 0.547. The van der Waals surface area contributed by atoms with Gasteiger partial charge < -0.3 is 5.32 Å². The van der Waals surface area contributed by atoms with Crippen molar-refractivity contribution in [2.75, 3.05) is 11.9 Å². The SMILES string of the molecule is Cn1ncc(NCCCc2ncn[nH]2)c(Br)c1=O. The number of hydrogen-bond acceptors (Lipinski definition) is 5. The fourth-order valence-electron chi connectivity index (χ4n) is 1.46. The first kappa shape index (κ1) is 12.7. The van der Waals surface area contributed by atoms with E-state index in [1.807, 2.05) is 0 Å². The van der Waals surface area contributed by atoms with Gasteiger partial charge in [-0.15, -0.1) is 0 Å². The molecule has 0 amide bonds. The summed E-state index contributed by atoms with van der Waals surface area (Å²) in [6.45, 7) is 0.730. The second kappa shape index (κ2) is 5.76. The highest BCUT2D eigenvalue weighted by Crippen LogP contribution is 2.15. The lowest BCUT2D eigenvalue weighted by Crippen LogP contribution is -2.21. The highest BCUT2D eigenvalue weighted by Gasteiger charge is 2.05. The zero-order valence-corrected chi connectivity index (χ0v) is 11.4. The van der Waals surface area contributed by atoms with Gasteiger partial charge in [-0.05, 0) is 22.4 Å². The zero-order chi connectivity index (χ0) is 13.0. The molecule has 18 heavy (non-hydrogen) atoms. The Morgan fingerprint density at radius 1 is 1.56 bits per heavy atom. The Morgan fingerprint density at radius 3 is 3.11 bits per heavy atom. The predicted octanol–water partition coefficient (Wildman–Crippen LogP) is 0.706. The Morgan fingerprint density at radius 2 is 2.39 bits per heavy atom. The van der Waals surface area contributed by atoms with Crippen LogP contribution in [0.5, 0.6) is 0 Å². The molecule has 0 bridgehead atoms. The van der Waals surface area contributed by atoms with Gasteiger partial charge in [0.25, 0.3) is 5.56 Å². The van der Waals surface area contributed by atoms with Gasteiger partial charge in [0, 0.05) is 20.0 Å². The number of H-pyrrole nitrogens is 1. The van der Waals surface area contributed by atoms with Crippen molar-refractivity contribution in [3.05, 3.63) is 33.2 Å². The lowest BCUT2D eigenvalue weighted by molar-refractivity contribution is 0.702. The monoisotopic (exact) mass is 312 g/mol. The minimum Gasteiger partial charge on any atom is -0.383 e. The van der Waals surface area contributed by atoms with Gasteiger partial charge in [-0.1, -0.05) is 0 Å². The number of hydrogen-bond donors (Lipinski definition) is 2. The molecule has 2 heterocycles. The molecule has 0 fully saturated rings. The third kappa shape index (κ3) is 2.95. The number of anilines is 1. The van der Waals surface area contributed by atoms with Crippen LogP contribution in [0.25, 0.3) is 0 Å². The molecule has 0 aliphatic heterocycles. The molecule has 96 valence electrons. The van der Waals surface area contributed by atoms with Gasteiger partial charge in [-0.25, -0.2) is 9.67 Å². The van der Waals surface area contributed by atoms with Crippen LogP contribution in [0.4, 0.5) is 5.69 Å². The lowest BCUT2D eigenvalue weighted by atomic mass is 10.3. The van der Waals surface area contributed by atoms with Crippen molar-refractivity contribution in [3.8, 4) is 0 Å². The predicted molar refractivity (Wildman–Crippen MR) is 70.4 cm³/mol. The van der Waals surface area contributed by atoms with E-state index in [0.29, 0.717) is 10.2 Å². The van der Waals surface area contributed by atoms with Crippen molar-refractivity contribution < 1.29 is 0 Å². The largest absolute Gasteiger partial charge is 0.383 e. The van der Waals surface area contributed by atoms with Gasteiger partial charge in [-0.2, -0.15) is 10.2 Å². The van der Waals surface area contributed by atoms with Crippen LogP contribution in [0.2, 0.25) is 0 Å². The molecule has 0 aliphatic carbocycles. The van der Waals surface area contributed by atoms with Gasteiger partial charge in [0.1, 0.15) is 16.6 Å². The van der Waals surface area contributed by atoms with E-state index < -0.39 is 0 Å². The Balaban J connectivity index is 1.87. The van der Waals surface area contributed by atoms with E-state index >= 15 is 0 Å². The molecule has 2 rings (SSSR count). The zero-order valence-electron chi connectivity index (χ0n) is 9.85. The summed E-state index contributed by atoms with van der Waals surface area (Å²) in [6.07, 6.45) is 4.81. The van der Waals surface area contributed by atoms with E-state index in [-0.39, 0.29) is 5.56 Å². The molecule has 7 nitrogen and oxygen atoms in total. The molecule has 2 aromatic heterocycles. The standard InChI is InChI=1S/C10H13BrN6O/c1-17-10(18)9(11)7(5-15-17)12-4-2-3-8-13-6-14-16-8/h5-6,12H,2-4H2,1H3,(H,13,14,16).